The monoisotopic (exact) mass is 278 g/mol. The molecule has 0 spiro atoms. The van der Waals surface area contributed by atoms with E-state index in [1.165, 1.54) is 12.8 Å². The fraction of sp³-hybridized carbons (Fsp3) is 0.733. The van der Waals surface area contributed by atoms with Crippen molar-refractivity contribution >= 4 is 5.82 Å². The van der Waals surface area contributed by atoms with Crippen molar-refractivity contribution in [1.82, 2.24) is 15.3 Å². The van der Waals surface area contributed by atoms with Crippen LogP contribution in [0.1, 0.15) is 32.3 Å². The van der Waals surface area contributed by atoms with Gasteiger partial charge in [0.25, 0.3) is 0 Å². The first-order valence-corrected chi connectivity index (χ1v) is 7.45. The van der Waals surface area contributed by atoms with Crippen molar-refractivity contribution < 1.29 is 4.74 Å². The number of nitrogens with zero attached hydrogens (tertiary/aromatic N) is 3. The third-order valence-electron chi connectivity index (χ3n) is 3.93. The van der Waals surface area contributed by atoms with Crippen molar-refractivity contribution in [3.05, 3.63) is 11.9 Å². The van der Waals surface area contributed by atoms with Crippen LogP contribution < -0.4 is 15.0 Å². The second-order valence-electron chi connectivity index (χ2n) is 5.82. The first-order chi connectivity index (χ1) is 9.61. The van der Waals surface area contributed by atoms with Gasteiger partial charge in [0.15, 0.2) is 0 Å². The lowest BCUT2D eigenvalue weighted by atomic mass is 9.96. The van der Waals surface area contributed by atoms with Crippen LogP contribution in [0.2, 0.25) is 0 Å². The van der Waals surface area contributed by atoms with Crippen molar-refractivity contribution in [3.63, 3.8) is 0 Å². The lowest BCUT2D eigenvalue weighted by molar-refractivity contribution is 0.367. The third-order valence-corrected chi connectivity index (χ3v) is 3.93. The summed E-state index contributed by atoms with van der Waals surface area (Å²) in [6.07, 6.45) is 4.02. The molecule has 2 rings (SSSR count). The van der Waals surface area contributed by atoms with E-state index in [0.717, 1.165) is 36.9 Å². The maximum Gasteiger partial charge on any atom is 0.221 e. The van der Waals surface area contributed by atoms with E-state index in [2.05, 4.69) is 34.0 Å². The normalized spacial score (nSPS) is 16.8. The summed E-state index contributed by atoms with van der Waals surface area (Å²) in [4.78, 5) is 10.9. The first-order valence-electron chi connectivity index (χ1n) is 7.45. The van der Waals surface area contributed by atoms with Gasteiger partial charge in [-0.25, -0.2) is 9.97 Å². The highest BCUT2D eigenvalue weighted by atomic mass is 16.5. The molecular formula is C15H26N4O. The van der Waals surface area contributed by atoms with Crippen LogP contribution in [0.4, 0.5) is 5.82 Å². The lowest BCUT2D eigenvalue weighted by Gasteiger charge is -2.34. The van der Waals surface area contributed by atoms with E-state index in [1.54, 1.807) is 13.4 Å². The molecule has 1 fully saturated rings. The standard InChI is InChI=1S/C15H26N4O/c1-11(2)16-9-13-5-7-19(8-6-13)14-12(3)15(20-4)18-10-17-14/h10-11,13,16H,5-9H2,1-4H3. The summed E-state index contributed by atoms with van der Waals surface area (Å²) in [5.41, 5.74) is 1.04. The predicted molar refractivity (Wildman–Crippen MR) is 81.4 cm³/mol. The number of piperidine rings is 1. The largest absolute Gasteiger partial charge is 0.481 e. The van der Waals surface area contributed by atoms with Crippen molar-refractivity contribution in [2.75, 3.05) is 31.6 Å². The van der Waals surface area contributed by atoms with Gasteiger partial charge < -0.3 is 15.0 Å². The van der Waals surface area contributed by atoms with Crippen molar-refractivity contribution in [2.45, 2.75) is 39.7 Å². The van der Waals surface area contributed by atoms with Crippen LogP contribution in [-0.4, -0.2) is 42.8 Å². The van der Waals surface area contributed by atoms with E-state index in [0.29, 0.717) is 11.9 Å². The van der Waals surface area contributed by atoms with Gasteiger partial charge in [-0.15, -0.1) is 0 Å². The Morgan fingerprint density at radius 2 is 2.05 bits per heavy atom. The van der Waals surface area contributed by atoms with Gasteiger partial charge in [0, 0.05) is 19.1 Å². The summed E-state index contributed by atoms with van der Waals surface area (Å²) in [7, 11) is 1.66. The van der Waals surface area contributed by atoms with Crippen LogP contribution in [0.15, 0.2) is 6.33 Å². The molecule has 112 valence electrons. The second kappa shape index (κ2) is 6.88. The third kappa shape index (κ3) is 3.60. The maximum atomic E-state index is 5.27. The minimum atomic E-state index is 0.571. The highest BCUT2D eigenvalue weighted by Crippen LogP contribution is 2.27. The first kappa shape index (κ1) is 15.0. The highest BCUT2D eigenvalue weighted by Gasteiger charge is 2.22. The van der Waals surface area contributed by atoms with Crippen molar-refractivity contribution in [1.29, 1.82) is 0 Å². The molecule has 1 N–H and O–H groups in total. The number of hydrogen-bond donors (Lipinski definition) is 1. The average Bonchev–Trinajstić information content (AvgIpc) is 2.46. The molecule has 1 aromatic rings. The van der Waals surface area contributed by atoms with Gasteiger partial charge in [-0.2, -0.15) is 0 Å². The number of aromatic nitrogens is 2. The Bertz CT molecular complexity index is 428. The summed E-state index contributed by atoms with van der Waals surface area (Å²) < 4.78 is 5.27. The van der Waals surface area contributed by atoms with Crippen molar-refractivity contribution in [3.8, 4) is 5.88 Å². The predicted octanol–water partition coefficient (Wildman–Crippen LogP) is 2.01. The van der Waals surface area contributed by atoms with Gasteiger partial charge in [0.05, 0.1) is 12.7 Å². The number of anilines is 1. The SMILES string of the molecule is COc1ncnc(N2CCC(CNC(C)C)CC2)c1C. The van der Waals surface area contributed by atoms with E-state index >= 15 is 0 Å². The molecule has 0 aliphatic carbocycles. The number of ether oxygens (including phenoxy) is 1. The fourth-order valence-electron chi connectivity index (χ4n) is 2.70. The van der Waals surface area contributed by atoms with Gasteiger partial charge in [-0.1, -0.05) is 13.8 Å². The molecule has 0 atom stereocenters. The van der Waals surface area contributed by atoms with Gasteiger partial charge in [0.2, 0.25) is 5.88 Å². The number of nitrogens with one attached hydrogen (secondary N) is 1. The molecule has 1 saturated heterocycles. The van der Waals surface area contributed by atoms with E-state index in [1.807, 2.05) is 6.92 Å². The zero-order valence-corrected chi connectivity index (χ0v) is 13.0. The smallest absolute Gasteiger partial charge is 0.221 e. The van der Waals surface area contributed by atoms with Crippen LogP contribution in [0.5, 0.6) is 5.88 Å². The van der Waals surface area contributed by atoms with E-state index in [9.17, 15) is 0 Å². The Balaban J connectivity index is 1.94. The minimum absolute atomic E-state index is 0.571. The molecule has 1 aliphatic heterocycles. The number of hydrogen-bond acceptors (Lipinski definition) is 5. The van der Waals surface area contributed by atoms with Crippen LogP contribution in [0, 0.1) is 12.8 Å². The van der Waals surface area contributed by atoms with Crippen LogP contribution in [0.3, 0.4) is 0 Å². The zero-order valence-electron chi connectivity index (χ0n) is 13.0. The Labute approximate surface area is 121 Å². The highest BCUT2D eigenvalue weighted by molar-refractivity contribution is 5.50. The molecule has 5 heteroatoms. The lowest BCUT2D eigenvalue weighted by Crippen LogP contribution is -2.39. The second-order valence-corrected chi connectivity index (χ2v) is 5.82. The molecule has 0 aromatic carbocycles. The summed E-state index contributed by atoms with van der Waals surface area (Å²) in [6.45, 7) is 9.67. The summed E-state index contributed by atoms with van der Waals surface area (Å²) >= 11 is 0. The fourth-order valence-corrected chi connectivity index (χ4v) is 2.70. The molecule has 1 aromatic heterocycles. The topological polar surface area (TPSA) is 50.3 Å². The molecule has 5 nitrogen and oxygen atoms in total. The number of rotatable bonds is 5. The summed E-state index contributed by atoms with van der Waals surface area (Å²) in [6, 6.07) is 0.571. The summed E-state index contributed by atoms with van der Waals surface area (Å²) in [5, 5.41) is 3.54. The molecule has 0 amide bonds. The molecule has 0 bridgehead atoms. The quantitative estimate of drug-likeness (QED) is 0.893. The maximum absolute atomic E-state index is 5.27. The van der Waals surface area contributed by atoms with Crippen molar-refractivity contribution in [2.24, 2.45) is 5.92 Å². The zero-order chi connectivity index (χ0) is 14.5. The van der Waals surface area contributed by atoms with E-state index < -0.39 is 0 Å². The molecule has 0 radical (unpaired) electrons. The van der Waals surface area contributed by atoms with E-state index in [-0.39, 0.29) is 0 Å². The Morgan fingerprint density at radius 3 is 2.65 bits per heavy atom. The van der Waals surface area contributed by atoms with Crippen LogP contribution >= 0.6 is 0 Å². The van der Waals surface area contributed by atoms with E-state index in [4.69, 9.17) is 4.74 Å². The summed E-state index contributed by atoms with van der Waals surface area (Å²) in [5.74, 6) is 2.48. The minimum Gasteiger partial charge on any atom is -0.481 e. The molecular weight excluding hydrogens is 252 g/mol. The van der Waals surface area contributed by atoms with Gasteiger partial charge in [-0.05, 0) is 32.2 Å². The molecule has 0 unspecified atom stereocenters. The average molecular weight is 278 g/mol. The van der Waals surface area contributed by atoms with Crippen LogP contribution in [-0.2, 0) is 0 Å². The van der Waals surface area contributed by atoms with Gasteiger partial charge >= 0.3 is 0 Å². The molecule has 0 saturated carbocycles. The Morgan fingerprint density at radius 1 is 1.35 bits per heavy atom. The number of methoxy groups -OCH3 is 1. The molecule has 1 aliphatic rings. The molecule has 20 heavy (non-hydrogen) atoms. The molecule has 2 heterocycles. The Hall–Kier alpha value is -1.36. The van der Waals surface area contributed by atoms with Gasteiger partial charge in [-0.3, -0.25) is 0 Å². The Kier molecular flexibility index (Phi) is 5.17. The van der Waals surface area contributed by atoms with Crippen LogP contribution in [0.25, 0.3) is 0 Å². The van der Waals surface area contributed by atoms with Gasteiger partial charge in [0.1, 0.15) is 12.1 Å².